The van der Waals surface area contributed by atoms with Gasteiger partial charge in [0.15, 0.2) is 9.84 Å². The van der Waals surface area contributed by atoms with E-state index in [1.165, 1.54) is 7.11 Å². The molecule has 1 saturated heterocycles. The van der Waals surface area contributed by atoms with Crippen molar-refractivity contribution in [2.75, 3.05) is 26.0 Å². The van der Waals surface area contributed by atoms with E-state index in [2.05, 4.69) is 10.1 Å². The van der Waals surface area contributed by atoms with Gasteiger partial charge in [-0.1, -0.05) is 0 Å². The van der Waals surface area contributed by atoms with E-state index in [1.807, 2.05) is 0 Å². The Morgan fingerprint density at radius 2 is 1.93 bits per heavy atom. The third kappa shape index (κ3) is 4.36. The van der Waals surface area contributed by atoms with Gasteiger partial charge in [0.25, 0.3) is 0 Å². The molecule has 0 amide bonds. The van der Waals surface area contributed by atoms with Gasteiger partial charge in [0, 0.05) is 0 Å². The molecule has 7 heteroatoms. The number of hydrogen-bond donors (Lipinski definition) is 1. The average molecular weight is 258 g/mol. The number of hydrogen-bond acceptors (Lipinski definition) is 5. The second-order valence-electron chi connectivity index (χ2n) is 3.33. The maximum Gasteiger partial charge on any atom is 0.320 e. The number of methoxy groups -OCH3 is 1. The van der Waals surface area contributed by atoms with Crippen LogP contribution in [-0.2, 0) is 19.4 Å². The van der Waals surface area contributed by atoms with Crippen molar-refractivity contribution in [1.82, 2.24) is 5.32 Å². The van der Waals surface area contributed by atoms with Crippen molar-refractivity contribution < 1.29 is 17.9 Å². The molecule has 0 aromatic rings. The summed E-state index contributed by atoms with van der Waals surface area (Å²) in [7, 11) is -2.11. The van der Waals surface area contributed by atoms with E-state index in [0.717, 1.165) is 0 Å². The van der Waals surface area contributed by atoms with Gasteiger partial charge in [-0.05, 0) is 25.9 Å². The highest BCUT2D eigenvalue weighted by atomic mass is 35.5. The lowest BCUT2D eigenvalue weighted by Crippen LogP contribution is -2.38. The first-order valence-electron chi connectivity index (χ1n) is 4.55. The van der Waals surface area contributed by atoms with Gasteiger partial charge in [-0.15, -0.1) is 12.4 Å². The van der Waals surface area contributed by atoms with Gasteiger partial charge >= 0.3 is 5.97 Å². The van der Waals surface area contributed by atoms with Crippen LogP contribution >= 0.6 is 12.4 Å². The highest BCUT2D eigenvalue weighted by Crippen LogP contribution is 2.14. The van der Waals surface area contributed by atoms with Crippen molar-refractivity contribution in [2.24, 2.45) is 0 Å². The maximum atomic E-state index is 11.6. The monoisotopic (exact) mass is 257 g/mol. The molecule has 0 atom stereocenters. The first kappa shape index (κ1) is 14.7. The summed E-state index contributed by atoms with van der Waals surface area (Å²) in [5.74, 6) is -1.17. The van der Waals surface area contributed by atoms with Crippen molar-refractivity contribution >= 4 is 28.2 Å². The SMILES string of the molecule is COC(=O)CS(=O)(=O)C1CCNCC1.Cl. The zero-order chi connectivity index (χ0) is 10.6. The summed E-state index contributed by atoms with van der Waals surface area (Å²) < 4.78 is 27.6. The fraction of sp³-hybridized carbons (Fsp3) is 0.875. The van der Waals surface area contributed by atoms with Gasteiger partial charge in [0.2, 0.25) is 0 Å². The molecule has 0 aliphatic carbocycles. The quantitative estimate of drug-likeness (QED) is 0.706. The van der Waals surface area contributed by atoms with E-state index in [9.17, 15) is 13.2 Å². The Hall–Kier alpha value is -0.330. The average Bonchev–Trinajstić information content (AvgIpc) is 2.18. The first-order valence-corrected chi connectivity index (χ1v) is 6.27. The van der Waals surface area contributed by atoms with Crippen LogP contribution in [0.5, 0.6) is 0 Å². The maximum absolute atomic E-state index is 11.6. The summed E-state index contributed by atoms with van der Waals surface area (Å²) in [6.45, 7) is 1.40. The Morgan fingerprint density at radius 3 is 2.40 bits per heavy atom. The predicted molar refractivity (Wildman–Crippen MR) is 58.9 cm³/mol. The Morgan fingerprint density at radius 1 is 1.40 bits per heavy atom. The van der Waals surface area contributed by atoms with Gasteiger partial charge in [0.1, 0.15) is 5.75 Å². The van der Waals surface area contributed by atoms with Crippen LogP contribution in [0.4, 0.5) is 0 Å². The molecule has 1 heterocycles. The normalized spacial score (nSPS) is 17.9. The topological polar surface area (TPSA) is 72.5 Å². The standard InChI is InChI=1S/C8H15NO4S.ClH/c1-13-8(10)6-14(11,12)7-2-4-9-5-3-7;/h7,9H,2-6H2,1H3;1H. The molecule has 0 aromatic carbocycles. The molecular formula is C8H16ClNO4S. The molecular weight excluding hydrogens is 242 g/mol. The van der Waals surface area contributed by atoms with Crippen molar-refractivity contribution in [3.05, 3.63) is 0 Å². The molecule has 0 radical (unpaired) electrons. The highest BCUT2D eigenvalue weighted by Gasteiger charge is 2.29. The molecule has 0 aromatic heterocycles. The molecule has 1 aliphatic rings. The van der Waals surface area contributed by atoms with Crippen LogP contribution in [0.15, 0.2) is 0 Å². The second-order valence-corrected chi connectivity index (χ2v) is 5.61. The van der Waals surface area contributed by atoms with Gasteiger partial charge in [-0.2, -0.15) is 0 Å². The minimum Gasteiger partial charge on any atom is -0.468 e. The molecule has 15 heavy (non-hydrogen) atoms. The van der Waals surface area contributed by atoms with E-state index in [4.69, 9.17) is 0 Å². The number of nitrogens with one attached hydrogen (secondary N) is 1. The van der Waals surface area contributed by atoms with Crippen molar-refractivity contribution in [2.45, 2.75) is 18.1 Å². The van der Waals surface area contributed by atoms with Crippen LogP contribution in [0.25, 0.3) is 0 Å². The third-order valence-corrected chi connectivity index (χ3v) is 4.47. The van der Waals surface area contributed by atoms with Crippen LogP contribution in [0.3, 0.4) is 0 Å². The minimum absolute atomic E-state index is 0. The Balaban J connectivity index is 0.00000196. The van der Waals surface area contributed by atoms with E-state index in [-0.39, 0.29) is 17.7 Å². The Kier molecular flexibility index (Phi) is 6.16. The van der Waals surface area contributed by atoms with Gasteiger partial charge < -0.3 is 10.1 Å². The molecule has 0 bridgehead atoms. The zero-order valence-corrected chi connectivity index (χ0v) is 10.2. The highest BCUT2D eigenvalue weighted by molar-refractivity contribution is 7.92. The van der Waals surface area contributed by atoms with E-state index < -0.39 is 21.6 Å². The summed E-state index contributed by atoms with van der Waals surface area (Å²) in [5.41, 5.74) is 0. The molecule has 0 saturated carbocycles. The molecule has 0 unspecified atom stereocenters. The second kappa shape index (κ2) is 6.30. The number of piperidine rings is 1. The van der Waals surface area contributed by atoms with Crippen LogP contribution in [-0.4, -0.2) is 45.6 Å². The summed E-state index contributed by atoms with van der Waals surface area (Å²) >= 11 is 0. The lowest BCUT2D eigenvalue weighted by molar-refractivity contribution is -0.137. The summed E-state index contributed by atoms with van der Waals surface area (Å²) in [6.07, 6.45) is 1.17. The number of ether oxygens (including phenoxy) is 1. The molecule has 1 N–H and O–H groups in total. The summed E-state index contributed by atoms with van der Waals surface area (Å²) in [4.78, 5) is 10.9. The van der Waals surface area contributed by atoms with Crippen LogP contribution in [0.1, 0.15) is 12.8 Å². The lowest BCUT2D eigenvalue weighted by atomic mass is 10.2. The smallest absolute Gasteiger partial charge is 0.320 e. The van der Waals surface area contributed by atoms with Crippen LogP contribution in [0, 0.1) is 0 Å². The van der Waals surface area contributed by atoms with Gasteiger partial charge in [-0.3, -0.25) is 4.79 Å². The van der Waals surface area contributed by atoms with E-state index >= 15 is 0 Å². The largest absolute Gasteiger partial charge is 0.468 e. The number of sulfone groups is 1. The molecule has 1 fully saturated rings. The Labute approximate surface area is 95.9 Å². The molecule has 0 spiro atoms. The number of halogens is 1. The van der Waals surface area contributed by atoms with Crippen LogP contribution < -0.4 is 5.32 Å². The number of esters is 1. The van der Waals surface area contributed by atoms with Crippen LogP contribution in [0.2, 0.25) is 0 Å². The predicted octanol–water partition coefficient (Wildman–Crippen LogP) is -0.252. The van der Waals surface area contributed by atoms with Gasteiger partial charge in [-0.25, -0.2) is 8.42 Å². The zero-order valence-electron chi connectivity index (χ0n) is 8.56. The molecule has 90 valence electrons. The third-order valence-electron chi connectivity index (χ3n) is 2.34. The van der Waals surface area contributed by atoms with Crippen molar-refractivity contribution in [3.8, 4) is 0 Å². The minimum atomic E-state index is -3.31. The lowest BCUT2D eigenvalue weighted by Gasteiger charge is -2.21. The summed E-state index contributed by atoms with van der Waals surface area (Å²) in [6, 6.07) is 0. The first-order chi connectivity index (χ1) is 6.56. The molecule has 1 rings (SSSR count). The molecule has 5 nitrogen and oxygen atoms in total. The van der Waals surface area contributed by atoms with Gasteiger partial charge in [0.05, 0.1) is 12.4 Å². The fourth-order valence-corrected chi connectivity index (χ4v) is 3.13. The van der Waals surface area contributed by atoms with E-state index in [1.54, 1.807) is 0 Å². The molecule has 1 aliphatic heterocycles. The van der Waals surface area contributed by atoms with Crippen molar-refractivity contribution in [1.29, 1.82) is 0 Å². The number of rotatable bonds is 3. The Bertz CT molecular complexity index is 298. The summed E-state index contributed by atoms with van der Waals surface area (Å²) in [5, 5.41) is 2.69. The number of carbonyl (C=O) groups excluding carboxylic acids is 1. The fourth-order valence-electron chi connectivity index (χ4n) is 1.50. The number of carbonyl (C=O) groups is 1. The van der Waals surface area contributed by atoms with E-state index in [0.29, 0.717) is 25.9 Å². The van der Waals surface area contributed by atoms with Crippen molar-refractivity contribution in [3.63, 3.8) is 0 Å².